The molecule has 0 atom stereocenters. The minimum Gasteiger partial charge on any atom is -0.478 e. The van der Waals surface area contributed by atoms with Gasteiger partial charge in [0.05, 0.1) is 5.41 Å². The quantitative estimate of drug-likeness (QED) is 0.146. The Morgan fingerprint density at radius 3 is 1.49 bits per heavy atom. The highest BCUT2D eigenvalue weighted by molar-refractivity contribution is 6.64. The maximum absolute atomic E-state index is 11.7. The summed E-state index contributed by atoms with van der Waals surface area (Å²) in [6.45, 7) is 11.6. The molecule has 59 heavy (non-hydrogen) atoms. The number of carboxylic acids is 1. The van der Waals surface area contributed by atoms with Gasteiger partial charge in [0.15, 0.2) is 17.5 Å². The van der Waals surface area contributed by atoms with Crippen molar-refractivity contribution in [2.75, 3.05) is 13.1 Å². The molecule has 3 aromatic heterocycles. The largest absolute Gasteiger partial charge is 0.478 e. The van der Waals surface area contributed by atoms with Crippen LogP contribution in [-0.2, 0) is 38.3 Å². The summed E-state index contributed by atoms with van der Waals surface area (Å²) in [5.41, 5.74) is -1.08. The minimum absolute atomic E-state index is 0.0336. The molecule has 17 nitrogen and oxygen atoms in total. The number of rotatable bonds is 6. The van der Waals surface area contributed by atoms with E-state index in [2.05, 4.69) is 40.0 Å². The zero-order valence-electron chi connectivity index (χ0n) is 33.5. The minimum atomic E-state index is -1.00. The third-order valence-electron chi connectivity index (χ3n) is 6.46. The van der Waals surface area contributed by atoms with Gasteiger partial charge < -0.3 is 15.2 Å². The van der Waals surface area contributed by atoms with Crippen molar-refractivity contribution in [1.29, 1.82) is 0 Å². The molecule has 312 valence electrons. The number of esters is 2. The second-order valence-corrected chi connectivity index (χ2v) is 14.0. The van der Waals surface area contributed by atoms with E-state index in [9.17, 15) is 33.6 Å². The Morgan fingerprint density at radius 2 is 1.14 bits per heavy atom. The Labute approximate surface area is 347 Å². The topological polar surface area (TPSA) is 242 Å². The van der Waals surface area contributed by atoms with Gasteiger partial charge in [-0.1, -0.05) is 32.9 Å². The number of carbonyl (C=O) groups excluding carboxylic acids is 6. The molecule has 0 saturated heterocycles. The van der Waals surface area contributed by atoms with Crippen LogP contribution < -0.4 is 5.32 Å². The van der Waals surface area contributed by atoms with Crippen molar-refractivity contribution in [1.82, 2.24) is 40.1 Å². The number of halogens is 1. The van der Waals surface area contributed by atoms with Gasteiger partial charge in [-0.3, -0.25) is 28.9 Å². The van der Waals surface area contributed by atoms with E-state index in [1.54, 1.807) is 109 Å². The van der Waals surface area contributed by atoms with Crippen molar-refractivity contribution in [3.8, 4) is 0 Å². The molecule has 2 aliphatic heterocycles. The normalized spacial score (nSPS) is 13.3. The van der Waals surface area contributed by atoms with Gasteiger partial charge in [-0.05, 0) is 93.8 Å². The molecule has 18 heteroatoms. The van der Waals surface area contributed by atoms with E-state index in [0.29, 0.717) is 30.4 Å². The van der Waals surface area contributed by atoms with Gasteiger partial charge in [0, 0.05) is 73.9 Å². The van der Waals surface area contributed by atoms with E-state index in [1.807, 2.05) is 6.08 Å². The summed E-state index contributed by atoms with van der Waals surface area (Å²) in [6, 6.07) is 5.02. The molecule has 0 aromatic carbocycles. The fourth-order valence-electron chi connectivity index (χ4n) is 3.33. The summed E-state index contributed by atoms with van der Waals surface area (Å²) >= 11 is 5.11. The molecule has 0 spiro atoms. The third-order valence-corrected chi connectivity index (χ3v) is 7.03. The molecule has 5 rings (SSSR count). The molecule has 0 saturated carbocycles. The molecule has 5 heterocycles. The molecule has 2 N–H and O–H groups in total. The summed E-state index contributed by atoms with van der Waals surface area (Å²) in [6.07, 6.45) is 25.3. The van der Waals surface area contributed by atoms with E-state index < -0.39 is 23.3 Å². The highest BCUT2D eigenvalue weighted by Crippen LogP contribution is 2.16. The van der Waals surface area contributed by atoms with E-state index >= 15 is 0 Å². The first kappa shape index (κ1) is 50.1. The number of carbonyl (C=O) groups is 7. The molecule has 3 aromatic rings. The van der Waals surface area contributed by atoms with Crippen molar-refractivity contribution in [3.05, 3.63) is 115 Å². The van der Waals surface area contributed by atoms with E-state index in [1.165, 1.54) is 35.3 Å². The summed E-state index contributed by atoms with van der Waals surface area (Å²) < 4.78 is 4.62. The van der Waals surface area contributed by atoms with E-state index in [4.69, 9.17) is 16.7 Å². The summed E-state index contributed by atoms with van der Waals surface area (Å²) in [7, 11) is 0. The molecule has 0 bridgehead atoms. The predicted molar refractivity (Wildman–Crippen MR) is 219 cm³/mol. The van der Waals surface area contributed by atoms with Gasteiger partial charge in [0.25, 0.3) is 11.8 Å². The number of carboxylic acid groups (broad SMARTS) is 1. The standard InChI is InChI=1S/C12H11N3O2.C12H14N2O3.C7H6N2O2.C5H9ClO.C5H7NO/c16-11-4-1-2-9-15(11)12(17)6-5-10-13-7-3-8-14-10;1-12(2,3)11(16)17-10(15)6-5-9-13-7-4-8-14-9;10-7(11)3-2-6-8-4-1-5-9-6;1-5(2,3)4(6)7;7-5-3-1-2-4-6-5/h1,3-8H,2,9H2;4-8H,1-3H3;1-5H,(H,10,11);1-3H3;1,3H,2,4H2,(H,6,7)/b2*6-5+;3-2+;;. The van der Waals surface area contributed by atoms with Crippen molar-refractivity contribution in [2.45, 2.75) is 54.4 Å². The summed E-state index contributed by atoms with van der Waals surface area (Å²) in [4.78, 5) is 101. The Kier molecular flexibility index (Phi) is 22.8. The Balaban J connectivity index is 0.000000387. The molecule has 0 unspecified atom stereocenters. The lowest BCUT2D eigenvalue weighted by Crippen LogP contribution is -2.37. The van der Waals surface area contributed by atoms with Gasteiger partial charge in [-0.15, -0.1) is 0 Å². The number of aromatic nitrogens is 6. The number of aliphatic carboxylic acids is 1. The highest BCUT2D eigenvalue weighted by atomic mass is 35.5. The van der Waals surface area contributed by atoms with E-state index in [-0.39, 0.29) is 28.4 Å². The number of ether oxygens (including phenoxy) is 1. The number of nitrogens with zero attached hydrogens (tertiary/aromatic N) is 7. The van der Waals surface area contributed by atoms with Crippen LogP contribution in [0.15, 0.2) is 97.9 Å². The smallest absolute Gasteiger partial charge is 0.338 e. The predicted octanol–water partition coefficient (Wildman–Crippen LogP) is 4.85. The fourth-order valence-corrected chi connectivity index (χ4v) is 3.33. The maximum Gasteiger partial charge on any atom is 0.338 e. The van der Waals surface area contributed by atoms with Gasteiger partial charge in [-0.25, -0.2) is 39.5 Å². The fraction of sp³-hybridized carbons (Fsp3) is 0.293. The van der Waals surface area contributed by atoms with Crippen LogP contribution in [-0.4, -0.2) is 93.9 Å². The van der Waals surface area contributed by atoms with Crippen molar-refractivity contribution in [3.63, 3.8) is 0 Å². The lowest BCUT2D eigenvalue weighted by atomic mass is 9.97. The Hall–Kier alpha value is -6.88. The second-order valence-electron chi connectivity index (χ2n) is 13.6. The van der Waals surface area contributed by atoms with Gasteiger partial charge >= 0.3 is 17.9 Å². The van der Waals surface area contributed by atoms with Crippen molar-refractivity contribution >= 4 is 70.7 Å². The number of hydrogen-bond acceptors (Lipinski definition) is 14. The Bertz CT molecular complexity index is 1990. The molecular weight excluding hydrogens is 784 g/mol. The number of hydrogen-bond donors (Lipinski definition) is 2. The van der Waals surface area contributed by atoms with Gasteiger partial charge in [0.2, 0.25) is 11.1 Å². The molecule has 3 amide bonds. The van der Waals surface area contributed by atoms with Crippen LogP contribution in [0.4, 0.5) is 0 Å². The van der Waals surface area contributed by atoms with Crippen LogP contribution in [0.2, 0.25) is 0 Å². The van der Waals surface area contributed by atoms with Crippen LogP contribution in [0.1, 0.15) is 71.9 Å². The lowest BCUT2D eigenvalue weighted by molar-refractivity contribution is -0.162. The van der Waals surface area contributed by atoms with Crippen molar-refractivity contribution in [2.24, 2.45) is 10.8 Å². The second kappa shape index (κ2) is 26.9. The SMILES string of the molecule is CC(C)(C)C(=O)Cl.CC(C)(C)C(=O)OC(=O)/C=C/c1ncccn1.O=C(O)/C=C/c1ncccn1.O=C1C=CCCN1.O=C1C=CCCN1C(=O)/C=C/c1ncccn1. The number of imide groups is 1. The molecular formula is C41H47ClN8O9. The number of nitrogens with one attached hydrogen (secondary N) is 1. The lowest BCUT2D eigenvalue weighted by Gasteiger charge is -2.19. The summed E-state index contributed by atoms with van der Waals surface area (Å²) in [5.74, 6) is -1.66. The van der Waals surface area contributed by atoms with Crippen molar-refractivity contribution < 1.29 is 43.4 Å². The van der Waals surface area contributed by atoms with Crippen LogP contribution >= 0.6 is 11.6 Å². The monoisotopic (exact) mass is 830 g/mol. The van der Waals surface area contributed by atoms with Gasteiger partial charge in [0.1, 0.15) is 0 Å². The molecule has 2 aliphatic rings. The zero-order chi connectivity index (χ0) is 44.3. The first-order valence-electron chi connectivity index (χ1n) is 17.8. The zero-order valence-corrected chi connectivity index (χ0v) is 34.3. The molecule has 0 radical (unpaired) electrons. The van der Waals surface area contributed by atoms with E-state index in [0.717, 1.165) is 25.1 Å². The summed E-state index contributed by atoms with van der Waals surface area (Å²) in [5, 5.41) is 10.6. The van der Waals surface area contributed by atoms with Crippen LogP contribution in [0.5, 0.6) is 0 Å². The Morgan fingerprint density at radius 1 is 0.695 bits per heavy atom. The maximum atomic E-state index is 11.7. The average Bonchev–Trinajstić information content (AvgIpc) is 3.20. The molecule has 0 aliphatic carbocycles. The van der Waals surface area contributed by atoms with Gasteiger partial charge in [-0.2, -0.15) is 0 Å². The van der Waals surface area contributed by atoms with Crippen LogP contribution in [0, 0.1) is 10.8 Å². The third kappa shape index (κ3) is 24.4. The van der Waals surface area contributed by atoms with Crippen LogP contribution in [0.25, 0.3) is 18.2 Å². The first-order valence-corrected chi connectivity index (χ1v) is 18.2. The van der Waals surface area contributed by atoms with Crippen LogP contribution in [0.3, 0.4) is 0 Å². The molecule has 0 fully saturated rings. The first-order chi connectivity index (χ1) is 27.8. The highest BCUT2D eigenvalue weighted by Gasteiger charge is 2.25. The number of amides is 3. The average molecular weight is 831 g/mol.